The van der Waals surface area contributed by atoms with Crippen LogP contribution in [0.2, 0.25) is 0 Å². The second kappa shape index (κ2) is 8.43. The maximum atomic E-state index is 6.24. The molecule has 1 saturated heterocycles. The van der Waals surface area contributed by atoms with Gasteiger partial charge in [-0.2, -0.15) is 4.98 Å². The molecular formula is C20H29N5O2. The van der Waals surface area contributed by atoms with Crippen LogP contribution >= 0.6 is 0 Å². The minimum Gasteiger partial charge on any atom is -0.493 e. The number of nitrogens with zero attached hydrogens (tertiary/aromatic N) is 3. The molecule has 0 spiro atoms. The fraction of sp³-hybridized carbons (Fsp3) is 0.500. The molecule has 146 valence electrons. The Bertz CT molecular complexity index is 777. The third-order valence-corrected chi connectivity index (χ3v) is 4.94. The van der Waals surface area contributed by atoms with Gasteiger partial charge in [-0.25, -0.2) is 4.98 Å². The molecule has 2 heterocycles. The van der Waals surface area contributed by atoms with E-state index >= 15 is 0 Å². The van der Waals surface area contributed by atoms with Crippen LogP contribution in [-0.2, 0) is 0 Å². The molecule has 2 N–H and O–H groups in total. The average Bonchev–Trinajstić information content (AvgIpc) is 2.60. The number of methoxy groups -OCH3 is 1. The first kappa shape index (κ1) is 19.2. The highest BCUT2D eigenvalue weighted by Crippen LogP contribution is 2.34. The topological polar surface area (TPSA) is 71.5 Å². The van der Waals surface area contributed by atoms with Crippen LogP contribution in [0, 0.1) is 12.8 Å². The van der Waals surface area contributed by atoms with E-state index in [4.69, 9.17) is 9.47 Å². The van der Waals surface area contributed by atoms with Gasteiger partial charge in [-0.05, 0) is 32.5 Å². The lowest BCUT2D eigenvalue weighted by molar-refractivity contribution is 0.0207. The van der Waals surface area contributed by atoms with Crippen molar-refractivity contribution < 1.29 is 9.47 Å². The minimum absolute atomic E-state index is 0.128. The predicted octanol–water partition coefficient (Wildman–Crippen LogP) is 3.30. The van der Waals surface area contributed by atoms with Crippen LogP contribution in [0.3, 0.4) is 0 Å². The minimum atomic E-state index is 0.128. The number of anilines is 3. The molecule has 1 fully saturated rings. The van der Waals surface area contributed by atoms with Gasteiger partial charge in [0.15, 0.2) is 11.5 Å². The Kier molecular flexibility index (Phi) is 6.01. The van der Waals surface area contributed by atoms with E-state index in [1.165, 1.54) is 0 Å². The van der Waals surface area contributed by atoms with E-state index in [9.17, 15) is 0 Å². The lowest BCUT2D eigenvalue weighted by Gasteiger charge is -2.41. The van der Waals surface area contributed by atoms with Gasteiger partial charge in [0, 0.05) is 49.6 Å². The maximum Gasteiger partial charge on any atom is 0.229 e. The first-order valence-electron chi connectivity index (χ1n) is 9.39. The number of rotatable bonds is 8. The number of hydrogen-bond donors (Lipinski definition) is 2. The summed E-state index contributed by atoms with van der Waals surface area (Å²) in [6.45, 7) is 9.52. The highest BCUT2D eigenvalue weighted by atomic mass is 16.5. The van der Waals surface area contributed by atoms with Crippen molar-refractivity contribution in [2.24, 2.45) is 5.92 Å². The standard InChI is InChI=1S/C20H29N5O2/c1-6-25-11-15(12-25)14(3)27-18-10-16(7-8-17(18)26-5)23-20-22-13(2)9-19(21-4)24-20/h7-10,14-15H,6,11-12H2,1-5H3,(H2,21,22,23,24). The fourth-order valence-corrected chi connectivity index (χ4v) is 3.19. The zero-order valence-electron chi connectivity index (χ0n) is 16.7. The Balaban J connectivity index is 1.74. The molecule has 3 rings (SSSR count). The van der Waals surface area contributed by atoms with E-state index in [0.717, 1.165) is 48.3 Å². The van der Waals surface area contributed by atoms with Crippen LogP contribution in [0.25, 0.3) is 0 Å². The molecule has 0 radical (unpaired) electrons. The van der Waals surface area contributed by atoms with Gasteiger partial charge < -0.3 is 25.0 Å². The molecule has 1 aromatic heterocycles. The van der Waals surface area contributed by atoms with Gasteiger partial charge >= 0.3 is 0 Å². The monoisotopic (exact) mass is 371 g/mol. The molecule has 1 aliphatic rings. The number of aromatic nitrogens is 2. The van der Waals surface area contributed by atoms with E-state index in [0.29, 0.717) is 11.9 Å². The van der Waals surface area contributed by atoms with Crippen LogP contribution in [-0.4, -0.2) is 54.8 Å². The fourth-order valence-electron chi connectivity index (χ4n) is 3.19. The Hall–Kier alpha value is -2.54. The Morgan fingerprint density at radius 1 is 1.22 bits per heavy atom. The van der Waals surface area contributed by atoms with Gasteiger partial charge in [0.1, 0.15) is 11.9 Å². The number of nitrogens with one attached hydrogen (secondary N) is 2. The number of ether oxygens (including phenoxy) is 2. The van der Waals surface area contributed by atoms with Crippen molar-refractivity contribution in [2.45, 2.75) is 26.9 Å². The summed E-state index contributed by atoms with van der Waals surface area (Å²) >= 11 is 0. The molecule has 0 saturated carbocycles. The molecule has 7 nitrogen and oxygen atoms in total. The number of likely N-dealkylation sites (tertiary alicyclic amines) is 1. The molecule has 0 amide bonds. The van der Waals surface area contributed by atoms with Gasteiger partial charge in [-0.3, -0.25) is 0 Å². The lowest BCUT2D eigenvalue weighted by atomic mass is 9.95. The Morgan fingerprint density at radius 2 is 2.00 bits per heavy atom. The van der Waals surface area contributed by atoms with Gasteiger partial charge in [-0.1, -0.05) is 6.92 Å². The SMILES string of the molecule is CCN1CC(C(C)Oc2cc(Nc3nc(C)cc(NC)n3)ccc2OC)C1. The smallest absolute Gasteiger partial charge is 0.229 e. The van der Waals surface area contributed by atoms with E-state index in [2.05, 4.69) is 39.3 Å². The molecule has 1 aliphatic heterocycles. The van der Waals surface area contributed by atoms with Gasteiger partial charge in [0.2, 0.25) is 5.95 Å². The van der Waals surface area contributed by atoms with Crippen molar-refractivity contribution in [3.05, 3.63) is 30.0 Å². The quantitative estimate of drug-likeness (QED) is 0.738. The summed E-state index contributed by atoms with van der Waals surface area (Å²) in [7, 11) is 3.50. The molecule has 1 aromatic carbocycles. The van der Waals surface area contributed by atoms with Crippen molar-refractivity contribution in [1.82, 2.24) is 14.9 Å². The molecule has 0 bridgehead atoms. The van der Waals surface area contributed by atoms with E-state index < -0.39 is 0 Å². The van der Waals surface area contributed by atoms with E-state index in [1.54, 1.807) is 7.11 Å². The van der Waals surface area contributed by atoms with E-state index in [-0.39, 0.29) is 6.10 Å². The summed E-state index contributed by atoms with van der Waals surface area (Å²) in [5.41, 5.74) is 1.75. The van der Waals surface area contributed by atoms with E-state index in [1.807, 2.05) is 38.2 Å². The van der Waals surface area contributed by atoms with Crippen LogP contribution in [0.5, 0.6) is 11.5 Å². The van der Waals surface area contributed by atoms with Gasteiger partial charge in [0.25, 0.3) is 0 Å². The van der Waals surface area contributed by atoms with Crippen molar-refractivity contribution in [3.8, 4) is 11.5 Å². The molecule has 2 aromatic rings. The Labute approximate surface area is 161 Å². The number of hydrogen-bond acceptors (Lipinski definition) is 7. The van der Waals surface area contributed by atoms with Crippen LogP contribution in [0.1, 0.15) is 19.5 Å². The van der Waals surface area contributed by atoms with Crippen LogP contribution < -0.4 is 20.1 Å². The lowest BCUT2D eigenvalue weighted by Crippen LogP contribution is -2.52. The van der Waals surface area contributed by atoms with Crippen molar-refractivity contribution in [1.29, 1.82) is 0 Å². The largest absolute Gasteiger partial charge is 0.493 e. The van der Waals surface area contributed by atoms with Gasteiger partial charge in [-0.15, -0.1) is 0 Å². The molecule has 27 heavy (non-hydrogen) atoms. The summed E-state index contributed by atoms with van der Waals surface area (Å²) in [5.74, 6) is 3.31. The van der Waals surface area contributed by atoms with Crippen molar-refractivity contribution in [2.75, 3.05) is 44.4 Å². The summed E-state index contributed by atoms with van der Waals surface area (Å²) in [6.07, 6.45) is 0.128. The molecular weight excluding hydrogens is 342 g/mol. The van der Waals surface area contributed by atoms with Crippen molar-refractivity contribution in [3.63, 3.8) is 0 Å². The average molecular weight is 371 g/mol. The zero-order valence-corrected chi connectivity index (χ0v) is 16.7. The summed E-state index contributed by atoms with van der Waals surface area (Å²) in [5, 5.41) is 6.30. The maximum absolute atomic E-state index is 6.24. The first-order chi connectivity index (χ1) is 13.0. The second-order valence-electron chi connectivity index (χ2n) is 6.89. The van der Waals surface area contributed by atoms with Crippen molar-refractivity contribution >= 4 is 17.5 Å². The predicted molar refractivity (Wildman–Crippen MR) is 108 cm³/mol. The highest BCUT2D eigenvalue weighted by Gasteiger charge is 2.31. The second-order valence-corrected chi connectivity index (χ2v) is 6.89. The normalized spacial score (nSPS) is 15.7. The number of aryl methyl sites for hydroxylation is 1. The van der Waals surface area contributed by atoms with Crippen LogP contribution in [0.15, 0.2) is 24.3 Å². The molecule has 1 atom stereocenters. The van der Waals surface area contributed by atoms with Crippen LogP contribution in [0.4, 0.5) is 17.5 Å². The first-order valence-corrected chi connectivity index (χ1v) is 9.39. The number of benzene rings is 1. The summed E-state index contributed by atoms with van der Waals surface area (Å²) < 4.78 is 11.7. The molecule has 7 heteroatoms. The summed E-state index contributed by atoms with van der Waals surface area (Å²) in [6, 6.07) is 7.67. The third-order valence-electron chi connectivity index (χ3n) is 4.94. The summed E-state index contributed by atoms with van der Waals surface area (Å²) in [4.78, 5) is 11.3. The molecule has 1 unspecified atom stereocenters. The third kappa shape index (κ3) is 4.60. The molecule has 0 aliphatic carbocycles. The Morgan fingerprint density at radius 3 is 2.67 bits per heavy atom. The zero-order chi connectivity index (χ0) is 19.4. The highest BCUT2D eigenvalue weighted by molar-refractivity contribution is 5.60. The van der Waals surface area contributed by atoms with Gasteiger partial charge in [0.05, 0.1) is 7.11 Å².